The Morgan fingerprint density at radius 1 is 1.38 bits per heavy atom. The van der Waals surface area contributed by atoms with Crippen LogP contribution in [0.1, 0.15) is 59.8 Å². The SMILES string of the molecule is CCCC(C)NC(=O)C1N(CCCO)C(=O)[C@@H]2[C@@H](C(=O)OCC)[C@@]3(C)CCC12O3. The van der Waals surface area contributed by atoms with Crippen LogP contribution in [0.2, 0.25) is 0 Å². The number of carbonyl (C=O) groups excluding carboxylic acids is 3. The molecule has 2 N–H and O–H groups in total. The topological polar surface area (TPSA) is 105 Å². The molecule has 0 aromatic rings. The molecule has 1 spiro atoms. The third-order valence-electron chi connectivity index (χ3n) is 6.73. The standard InChI is InChI=1S/C21H34N2O6/c1-5-8-13(3)22-17(25)16-21-10-9-20(4,29-21)15(19(27)28-6-2)14(21)18(26)23(16)11-7-12-24/h13-16,24H,5-12H2,1-4H3,(H,22,25)/t13?,14-,15-,16?,20+,21?/m0/s1. The molecule has 2 amide bonds. The average Bonchev–Trinajstić information content (AvgIpc) is 3.21. The highest BCUT2D eigenvalue weighted by atomic mass is 16.6. The van der Waals surface area contributed by atoms with Crippen molar-refractivity contribution in [2.45, 2.75) is 83.1 Å². The highest BCUT2D eigenvalue weighted by molar-refractivity contribution is 5.98. The van der Waals surface area contributed by atoms with Crippen molar-refractivity contribution in [3.63, 3.8) is 0 Å². The van der Waals surface area contributed by atoms with E-state index < -0.39 is 35.0 Å². The number of carbonyl (C=O) groups is 3. The van der Waals surface area contributed by atoms with E-state index in [0.717, 1.165) is 12.8 Å². The summed E-state index contributed by atoms with van der Waals surface area (Å²) in [6.45, 7) is 7.98. The Morgan fingerprint density at radius 2 is 2.10 bits per heavy atom. The van der Waals surface area contributed by atoms with Gasteiger partial charge < -0.3 is 24.8 Å². The first-order valence-electron chi connectivity index (χ1n) is 10.8. The molecule has 3 heterocycles. The monoisotopic (exact) mass is 410 g/mol. The normalized spacial score (nSPS) is 36.2. The van der Waals surface area contributed by atoms with Gasteiger partial charge in [0.05, 0.1) is 18.1 Å². The molecule has 2 bridgehead atoms. The maximum absolute atomic E-state index is 13.4. The predicted octanol–water partition coefficient (Wildman–Crippen LogP) is 1.00. The summed E-state index contributed by atoms with van der Waals surface area (Å²) in [6, 6.07) is -0.820. The van der Waals surface area contributed by atoms with E-state index in [9.17, 15) is 19.5 Å². The second kappa shape index (κ2) is 8.22. The van der Waals surface area contributed by atoms with Crippen molar-refractivity contribution in [3.8, 4) is 0 Å². The molecule has 0 aliphatic carbocycles. The van der Waals surface area contributed by atoms with E-state index >= 15 is 0 Å². The molecule has 8 nitrogen and oxygen atoms in total. The van der Waals surface area contributed by atoms with E-state index in [2.05, 4.69) is 12.2 Å². The summed E-state index contributed by atoms with van der Waals surface area (Å²) in [4.78, 5) is 41.1. The van der Waals surface area contributed by atoms with Crippen LogP contribution in [0.15, 0.2) is 0 Å². The second-order valence-electron chi connectivity index (χ2n) is 8.79. The van der Waals surface area contributed by atoms with Crippen LogP contribution in [-0.4, -0.2) is 70.8 Å². The molecular formula is C21H34N2O6. The van der Waals surface area contributed by atoms with Gasteiger partial charge in [0.2, 0.25) is 11.8 Å². The maximum Gasteiger partial charge on any atom is 0.312 e. The quantitative estimate of drug-likeness (QED) is 0.550. The Balaban J connectivity index is 1.97. The van der Waals surface area contributed by atoms with Crippen LogP contribution in [0.3, 0.4) is 0 Å². The van der Waals surface area contributed by atoms with E-state index in [1.807, 2.05) is 13.8 Å². The molecular weight excluding hydrogens is 376 g/mol. The van der Waals surface area contributed by atoms with Gasteiger partial charge in [0.15, 0.2) is 0 Å². The highest BCUT2D eigenvalue weighted by Gasteiger charge is 2.78. The molecule has 3 fully saturated rings. The Labute approximate surface area is 172 Å². The van der Waals surface area contributed by atoms with Crippen LogP contribution in [0.25, 0.3) is 0 Å². The zero-order chi connectivity index (χ0) is 21.4. The lowest BCUT2D eigenvalue weighted by atomic mass is 9.66. The van der Waals surface area contributed by atoms with Crippen LogP contribution in [0, 0.1) is 11.8 Å². The molecule has 3 saturated heterocycles. The van der Waals surface area contributed by atoms with Gasteiger partial charge in [0.25, 0.3) is 0 Å². The van der Waals surface area contributed by atoms with E-state index in [0.29, 0.717) is 19.3 Å². The average molecular weight is 411 g/mol. The van der Waals surface area contributed by atoms with Crippen molar-refractivity contribution in [1.82, 2.24) is 10.2 Å². The second-order valence-corrected chi connectivity index (χ2v) is 8.79. The Kier molecular flexibility index (Phi) is 6.24. The van der Waals surface area contributed by atoms with Crippen molar-refractivity contribution in [2.75, 3.05) is 19.8 Å². The zero-order valence-corrected chi connectivity index (χ0v) is 17.9. The Hall–Kier alpha value is -1.67. The Morgan fingerprint density at radius 3 is 2.72 bits per heavy atom. The van der Waals surface area contributed by atoms with Crippen molar-refractivity contribution >= 4 is 17.8 Å². The third kappa shape index (κ3) is 3.44. The zero-order valence-electron chi connectivity index (χ0n) is 17.9. The molecule has 0 radical (unpaired) electrons. The van der Waals surface area contributed by atoms with Crippen molar-refractivity contribution < 1.29 is 29.0 Å². The number of nitrogens with zero attached hydrogens (tertiary/aromatic N) is 1. The van der Waals surface area contributed by atoms with Gasteiger partial charge in [0.1, 0.15) is 17.6 Å². The first-order valence-corrected chi connectivity index (χ1v) is 10.8. The number of likely N-dealkylation sites (tertiary alicyclic amines) is 1. The van der Waals surface area contributed by atoms with Crippen LogP contribution in [0.5, 0.6) is 0 Å². The Bertz CT molecular complexity index is 670. The largest absolute Gasteiger partial charge is 0.466 e. The lowest BCUT2D eigenvalue weighted by Crippen LogP contribution is -2.56. The summed E-state index contributed by atoms with van der Waals surface area (Å²) < 4.78 is 11.7. The van der Waals surface area contributed by atoms with E-state index in [4.69, 9.17) is 9.47 Å². The van der Waals surface area contributed by atoms with Crippen LogP contribution in [-0.2, 0) is 23.9 Å². The van der Waals surface area contributed by atoms with E-state index in [1.165, 1.54) is 4.90 Å². The summed E-state index contributed by atoms with van der Waals surface area (Å²) in [5.74, 6) is -2.36. The van der Waals surface area contributed by atoms with E-state index in [-0.39, 0.29) is 37.6 Å². The van der Waals surface area contributed by atoms with Crippen molar-refractivity contribution in [1.29, 1.82) is 0 Å². The lowest BCUT2D eigenvalue weighted by molar-refractivity contribution is -0.159. The molecule has 8 heteroatoms. The van der Waals surface area contributed by atoms with Gasteiger partial charge in [0, 0.05) is 19.2 Å². The highest BCUT2D eigenvalue weighted by Crippen LogP contribution is 2.63. The number of fused-ring (bicyclic) bond motifs is 1. The molecule has 0 aromatic carbocycles. The number of aliphatic hydroxyl groups is 1. The van der Waals surface area contributed by atoms with Gasteiger partial charge in [-0.25, -0.2) is 0 Å². The van der Waals surface area contributed by atoms with Gasteiger partial charge in [-0.15, -0.1) is 0 Å². The summed E-state index contributed by atoms with van der Waals surface area (Å²) in [5, 5.41) is 12.3. The number of aliphatic hydroxyl groups excluding tert-OH is 1. The number of amides is 2. The molecule has 3 aliphatic rings. The third-order valence-corrected chi connectivity index (χ3v) is 6.73. The van der Waals surface area contributed by atoms with Gasteiger partial charge in [-0.1, -0.05) is 13.3 Å². The molecule has 0 saturated carbocycles. The first-order chi connectivity index (χ1) is 13.8. The van der Waals surface area contributed by atoms with Gasteiger partial charge in [-0.3, -0.25) is 14.4 Å². The lowest BCUT2D eigenvalue weighted by Gasteiger charge is -2.34. The minimum Gasteiger partial charge on any atom is -0.466 e. The van der Waals surface area contributed by atoms with Gasteiger partial charge in [-0.05, 0) is 46.5 Å². The predicted molar refractivity (Wildman–Crippen MR) is 105 cm³/mol. The number of nitrogens with one attached hydrogen (secondary N) is 1. The number of hydrogen-bond acceptors (Lipinski definition) is 6. The minimum atomic E-state index is -1.02. The fourth-order valence-electron chi connectivity index (χ4n) is 5.62. The van der Waals surface area contributed by atoms with Crippen LogP contribution >= 0.6 is 0 Å². The number of rotatable bonds is 9. The molecule has 3 unspecified atom stereocenters. The van der Waals surface area contributed by atoms with Gasteiger partial charge >= 0.3 is 5.97 Å². The smallest absolute Gasteiger partial charge is 0.312 e. The van der Waals surface area contributed by atoms with E-state index in [1.54, 1.807) is 6.92 Å². The molecule has 3 aliphatic heterocycles. The summed E-state index contributed by atoms with van der Waals surface area (Å²) >= 11 is 0. The van der Waals surface area contributed by atoms with Crippen LogP contribution in [0.4, 0.5) is 0 Å². The summed E-state index contributed by atoms with van der Waals surface area (Å²) in [7, 11) is 0. The molecule has 0 aromatic heterocycles. The first kappa shape index (κ1) is 22.0. The fourth-order valence-corrected chi connectivity index (χ4v) is 5.62. The maximum atomic E-state index is 13.4. The minimum absolute atomic E-state index is 0.0206. The van der Waals surface area contributed by atoms with Crippen molar-refractivity contribution in [2.24, 2.45) is 11.8 Å². The fraction of sp³-hybridized carbons (Fsp3) is 0.857. The number of esters is 1. The molecule has 6 atom stereocenters. The number of ether oxygens (including phenoxy) is 2. The molecule has 164 valence electrons. The molecule has 29 heavy (non-hydrogen) atoms. The summed E-state index contributed by atoms with van der Waals surface area (Å²) in [5.41, 5.74) is -1.82. The summed E-state index contributed by atoms with van der Waals surface area (Å²) in [6.07, 6.45) is 3.29. The van der Waals surface area contributed by atoms with Gasteiger partial charge in [-0.2, -0.15) is 0 Å². The number of hydrogen-bond donors (Lipinski definition) is 2. The van der Waals surface area contributed by atoms with Crippen molar-refractivity contribution in [3.05, 3.63) is 0 Å². The van der Waals surface area contributed by atoms with Crippen LogP contribution < -0.4 is 5.32 Å². The molecule has 3 rings (SSSR count).